The summed E-state index contributed by atoms with van der Waals surface area (Å²) in [4.78, 5) is 26.3. The van der Waals surface area contributed by atoms with Crippen molar-refractivity contribution in [2.24, 2.45) is 0 Å². The van der Waals surface area contributed by atoms with Gasteiger partial charge in [-0.1, -0.05) is 35.3 Å². The number of amides is 1. The third-order valence-corrected chi connectivity index (χ3v) is 10.0. The fourth-order valence-electron chi connectivity index (χ4n) is 5.52. The molecule has 2 heterocycles. The fraction of sp³-hybridized carbons (Fsp3) is 0.212. The largest absolute Gasteiger partial charge is 0.457 e. The number of fused-ring (bicyclic) bond motifs is 1. The SMILES string of the molecule is Cc1cc(Oc2ccc(Cn3nc4cc(Cl)ccc4c3C(=O)NS(=O)(=O)c3ccc(N4CCOCC4)c([N+](=O)[O-])c3)cc2)cc(C)c1Cl. The Morgan fingerprint density at radius 2 is 1.67 bits per heavy atom. The molecule has 6 rings (SSSR count). The molecule has 48 heavy (non-hydrogen) atoms. The van der Waals surface area contributed by atoms with Gasteiger partial charge in [0.05, 0.1) is 35.1 Å². The summed E-state index contributed by atoms with van der Waals surface area (Å²) in [5, 5.41) is 17.9. The molecule has 0 unspecified atom stereocenters. The van der Waals surface area contributed by atoms with E-state index in [1.54, 1.807) is 47.4 Å². The second-order valence-corrected chi connectivity index (χ2v) is 13.7. The molecule has 4 aromatic carbocycles. The van der Waals surface area contributed by atoms with Gasteiger partial charge in [-0.3, -0.25) is 19.6 Å². The van der Waals surface area contributed by atoms with E-state index in [9.17, 15) is 23.3 Å². The summed E-state index contributed by atoms with van der Waals surface area (Å²) >= 11 is 12.5. The zero-order valence-corrected chi connectivity index (χ0v) is 28.1. The summed E-state index contributed by atoms with van der Waals surface area (Å²) in [5.41, 5.74) is 2.75. The third-order valence-electron chi connectivity index (χ3n) is 7.85. The number of nitro benzene ring substituents is 1. The first kappa shape index (κ1) is 33.2. The van der Waals surface area contributed by atoms with Crippen LogP contribution in [0.4, 0.5) is 11.4 Å². The number of carbonyl (C=O) groups excluding carboxylic acids is 1. The highest BCUT2D eigenvalue weighted by Gasteiger charge is 2.29. The van der Waals surface area contributed by atoms with Crippen LogP contribution in [0, 0.1) is 24.0 Å². The molecule has 0 radical (unpaired) electrons. The molecule has 0 saturated carbocycles. The number of carbonyl (C=O) groups is 1. The maximum Gasteiger partial charge on any atom is 0.293 e. The number of nitrogens with zero attached hydrogens (tertiary/aromatic N) is 4. The minimum Gasteiger partial charge on any atom is -0.457 e. The Bertz CT molecular complexity index is 2140. The van der Waals surface area contributed by atoms with Gasteiger partial charge in [-0.05, 0) is 85.1 Å². The van der Waals surface area contributed by atoms with Gasteiger partial charge in [-0.2, -0.15) is 5.10 Å². The fourth-order valence-corrected chi connectivity index (χ4v) is 6.76. The smallest absolute Gasteiger partial charge is 0.293 e. The monoisotopic (exact) mass is 709 g/mol. The summed E-state index contributed by atoms with van der Waals surface area (Å²) in [6.45, 7) is 5.52. The average Bonchev–Trinajstić information content (AvgIpc) is 3.41. The van der Waals surface area contributed by atoms with E-state index in [1.807, 2.05) is 26.0 Å². The van der Waals surface area contributed by atoms with Gasteiger partial charge in [0, 0.05) is 34.6 Å². The van der Waals surface area contributed by atoms with Crippen LogP contribution in [0.2, 0.25) is 10.0 Å². The Kier molecular flexibility index (Phi) is 9.30. The number of morpholine rings is 1. The van der Waals surface area contributed by atoms with E-state index < -0.39 is 31.4 Å². The second-order valence-electron chi connectivity index (χ2n) is 11.2. The van der Waals surface area contributed by atoms with Crippen LogP contribution in [0.5, 0.6) is 11.5 Å². The lowest BCUT2D eigenvalue weighted by Gasteiger charge is -2.28. The van der Waals surface area contributed by atoms with Gasteiger partial charge in [0.15, 0.2) is 0 Å². The number of hydrogen-bond acceptors (Lipinski definition) is 9. The number of aryl methyl sites for hydroxylation is 2. The molecular weight excluding hydrogens is 681 g/mol. The van der Waals surface area contributed by atoms with E-state index in [2.05, 4.69) is 9.82 Å². The molecule has 1 aromatic heterocycles. The van der Waals surface area contributed by atoms with Crippen molar-refractivity contribution >= 4 is 61.4 Å². The Morgan fingerprint density at radius 3 is 2.33 bits per heavy atom. The lowest BCUT2D eigenvalue weighted by molar-refractivity contribution is -0.384. The highest BCUT2D eigenvalue weighted by molar-refractivity contribution is 7.90. The summed E-state index contributed by atoms with van der Waals surface area (Å²) in [6.07, 6.45) is 0. The molecule has 1 aliphatic rings. The van der Waals surface area contributed by atoms with Gasteiger partial charge >= 0.3 is 0 Å². The molecule has 248 valence electrons. The number of hydrogen-bond donors (Lipinski definition) is 1. The topological polar surface area (TPSA) is 146 Å². The Balaban J connectivity index is 1.27. The van der Waals surface area contributed by atoms with Gasteiger partial charge in [0.1, 0.15) is 22.9 Å². The maximum atomic E-state index is 13.7. The van der Waals surface area contributed by atoms with Crippen LogP contribution in [0.25, 0.3) is 10.9 Å². The standard InChI is InChI=1S/C33H29Cl2N5O7S/c1-20-15-25(16-21(2)31(20)35)47-24-6-3-22(4-7-24)19-39-32(27-9-5-23(34)17-28(27)36-39)33(41)37-48(44,45)26-8-10-29(30(18-26)40(42)43)38-11-13-46-14-12-38/h3-10,15-18H,11-14,19H2,1-2H3,(H,37,41). The number of sulfonamides is 1. The first-order chi connectivity index (χ1) is 22.9. The summed E-state index contributed by atoms with van der Waals surface area (Å²) in [6, 6.07) is 19.1. The predicted molar refractivity (Wildman–Crippen MR) is 182 cm³/mol. The average molecular weight is 711 g/mol. The van der Waals surface area contributed by atoms with Gasteiger partial charge in [0.25, 0.3) is 21.6 Å². The molecule has 0 spiro atoms. The molecule has 1 N–H and O–H groups in total. The van der Waals surface area contributed by atoms with Crippen molar-refractivity contribution < 1.29 is 27.6 Å². The molecule has 1 fully saturated rings. The molecule has 1 amide bonds. The Morgan fingerprint density at radius 1 is 0.979 bits per heavy atom. The molecule has 1 saturated heterocycles. The van der Waals surface area contributed by atoms with E-state index in [0.717, 1.165) is 22.8 Å². The van der Waals surface area contributed by atoms with E-state index in [0.29, 0.717) is 58.8 Å². The van der Waals surface area contributed by atoms with Gasteiger partial charge < -0.3 is 14.4 Å². The number of ether oxygens (including phenoxy) is 2. The minimum atomic E-state index is -4.54. The molecule has 0 atom stereocenters. The van der Waals surface area contributed by atoms with Crippen LogP contribution >= 0.6 is 23.2 Å². The molecule has 0 bridgehead atoms. The number of benzene rings is 4. The van der Waals surface area contributed by atoms with Crippen molar-refractivity contribution in [2.45, 2.75) is 25.3 Å². The molecule has 5 aromatic rings. The van der Waals surface area contributed by atoms with Crippen molar-refractivity contribution in [3.05, 3.63) is 115 Å². The van der Waals surface area contributed by atoms with Crippen LogP contribution in [0.3, 0.4) is 0 Å². The van der Waals surface area contributed by atoms with Crippen molar-refractivity contribution in [3.63, 3.8) is 0 Å². The molecule has 15 heteroatoms. The quantitative estimate of drug-likeness (QED) is 0.131. The number of halogens is 2. The van der Waals surface area contributed by atoms with Crippen molar-refractivity contribution in [3.8, 4) is 11.5 Å². The van der Waals surface area contributed by atoms with E-state index in [1.165, 1.54) is 16.8 Å². The zero-order chi connectivity index (χ0) is 34.2. The van der Waals surface area contributed by atoms with Gasteiger partial charge in [-0.25, -0.2) is 13.1 Å². The van der Waals surface area contributed by atoms with E-state index in [4.69, 9.17) is 32.7 Å². The van der Waals surface area contributed by atoms with Gasteiger partial charge in [0.2, 0.25) is 0 Å². The number of nitrogens with one attached hydrogen (secondary N) is 1. The van der Waals surface area contributed by atoms with Crippen LogP contribution in [0.1, 0.15) is 27.2 Å². The van der Waals surface area contributed by atoms with Crippen LogP contribution < -0.4 is 14.4 Å². The summed E-state index contributed by atoms with van der Waals surface area (Å²) < 4.78 is 41.7. The van der Waals surface area contributed by atoms with Crippen molar-refractivity contribution in [1.82, 2.24) is 14.5 Å². The summed E-state index contributed by atoms with van der Waals surface area (Å²) in [7, 11) is -4.54. The second kappa shape index (κ2) is 13.4. The van der Waals surface area contributed by atoms with E-state index >= 15 is 0 Å². The molecule has 12 nitrogen and oxygen atoms in total. The number of anilines is 1. The first-order valence-electron chi connectivity index (χ1n) is 14.8. The number of nitro groups is 1. The maximum absolute atomic E-state index is 13.7. The zero-order valence-electron chi connectivity index (χ0n) is 25.8. The Labute approximate surface area is 286 Å². The first-order valence-corrected chi connectivity index (χ1v) is 17.0. The molecular formula is C33H29Cl2N5O7S. The van der Waals surface area contributed by atoms with Crippen LogP contribution in [-0.4, -0.2) is 55.3 Å². The lowest BCUT2D eigenvalue weighted by Crippen LogP contribution is -2.36. The highest BCUT2D eigenvalue weighted by Crippen LogP contribution is 2.32. The Hall–Kier alpha value is -4.69. The van der Waals surface area contributed by atoms with E-state index in [-0.39, 0.29) is 17.9 Å². The molecule has 1 aliphatic heterocycles. The van der Waals surface area contributed by atoms with Crippen LogP contribution in [0.15, 0.2) is 77.7 Å². The third kappa shape index (κ3) is 6.95. The summed E-state index contributed by atoms with van der Waals surface area (Å²) in [5.74, 6) is 0.252. The normalized spacial score (nSPS) is 13.5. The number of rotatable bonds is 9. The minimum absolute atomic E-state index is 0.0304. The molecule has 0 aliphatic carbocycles. The highest BCUT2D eigenvalue weighted by atomic mass is 35.5. The predicted octanol–water partition coefficient (Wildman–Crippen LogP) is 6.66. The van der Waals surface area contributed by atoms with Gasteiger partial charge in [-0.15, -0.1) is 0 Å². The lowest BCUT2D eigenvalue weighted by atomic mass is 10.1. The van der Waals surface area contributed by atoms with Crippen molar-refractivity contribution in [2.75, 3.05) is 31.2 Å². The van der Waals surface area contributed by atoms with Crippen LogP contribution in [-0.2, 0) is 21.3 Å². The van der Waals surface area contributed by atoms with Crippen molar-refractivity contribution in [1.29, 1.82) is 0 Å². The number of aromatic nitrogens is 2.